The van der Waals surface area contributed by atoms with Crippen LogP contribution in [0.3, 0.4) is 0 Å². The first-order valence-electron chi connectivity index (χ1n) is 13.6. The number of rotatable bonds is 3. The van der Waals surface area contributed by atoms with E-state index in [0.29, 0.717) is 17.0 Å². The number of furan rings is 1. The molecule has 38 heavy (non-hydrogen) atoms. The van der Waals surface area contributed by atoms with Crippen LogP contribution in [0.2, 0.25) is 19.6 Å². The normalized spacial score (nSPS) is 12.6. The van der Waals surface area contributed by atoms with Crippen molar-refractivity contribution in [2.24, 2.45) is 0 Å². The van der Waals surface area contributed by atoms with Gasteiger partial charge in [-0.25, -0.2) is 4.98 Å². The summed E-state index contributed by atoms with van der Waals surface area (Å²) in [5.41, 5.74) is 5.94. The van der Waals surface area contributed by atoms with Crippen LogP contribution in [0.15, 0.2) is 89.6 Å². The maximum atomic E-state index is 7.33. The van der Waals surface area contributed by atoms with Crippen LogP contribution >= 0.6 is 0 Å². The van der Waals surface area contributed by atoms with Gasteiger partial charge in [0, 0.05) is 47.7 Å². The topological polar surface area (TPSA) is 51.8 Å². The second-order valence-electron chi connectivity index (χ2n) is 9.89. The molecule has 4 heterocycles. The second-order valence-corrected chi connectivity index (χ2v) is 15.0. The minimum Gasteiger partial charge on any atom is -0.486 e. The third kappa shape index (κ3) is 5.99. The first-order chi connectivity index (χ1) is 19.0. The van der Waals surface area contributed by atoms with E-state index in [4.69, 9.17) is 8.53 Å². The van der Waals surface area contributed by atoms with Gasteiger partial charge in [-0.3, -0.25) is 0 Å². The van der Waals surface area contributed by atoms with Gasteiger partial charge < -0.3 is 14.4 Å². The molecular formula is C32H29IrN3OSi-2. The average molecular weight is 695 g/mol. The number of benzene rings is 2. The minimum absolute atomic E-state index is 0. The van der Waals surface area contributed by atoms with E-state index >= 15 is 0 Å². The molecule has 0 aliphatic rings. The Balaban J connectivity index is 0.000000200. The van der Waals surface area contributed by atoms with Crippen molar-refractivity contribution in [1.29, 1.82) is 0 Å². The van der Waals surface area contributed by atoms with Crippen LogP contribution in [-0.4, -0.2) is 23.0 Å². The summed E-state index contributed by atoms with van der Waals surface area (Å²) in [4.78, 5) is 13.3. The van der Waals surface area contributed by atoms with E-state index in [9.17, 15) is 0 Å². The number of hydrogen-bond acceptors (Lipinski definition) is 4. The van der Waals surface area contributed by atoms with Crippen molar-refractivity contribution in [3.05, 3.63) is 109 Å². The number of aromatic nitrogens is 3. The third-order valence-corrected chi connectivity index (χ3v) is 8.10. The van der Waals surface area contributed by atoms with Crippen LogP contribution in [0, 0.1) is 25.9 Å². The summed E-state index contributed by atoms with van der Waals surface area (Å²) >= 11 is 0. The van der Waals surface area contributed by atoms with Gasteiger partial charge >= 0.3 is 0 Å². The molecule has 0 N–H and O–H groups in total. The zero-order valence-electron chi connectivity index (χ0n) is 24.7. The Morgan fingerprint density at radius 3 is 2.45 bits per heavy atom. The molecule has 6 aromatic rings. The van der Waals surface area contributed by atoms with Gasteiger partial charge in [0.05, 0.1) is 13.7 Å². The van der Waals surface area contributed by atoms with Gasteiger partial charge in [-0.05, 0) is 48.5 Å². The standard InChI is InChI=1S/C20H19N2OSi.C12H10N.Ir/c1-13-8-10-16-15-6-5-7-17(19(15)23-20(16)22-13)18-11-9-14(12-21-18)24(2,3)4;1-10-7-8-13-12(9-10)11-5-3-2-4-6-11;/h5-6,8-12H,1-4H3;2-5,7-9H,1H3;/q2*-1;/i;1D3;. The fourth-order valence-electron chi connectivity index (χ4n) is 4.02. The predicted octanol–water partition coefficient (Wildman–Crippen LogP) is 7.55. The molecule has 1 radical (unpaired) electrons. The number of nitrogens with zero attached hydrogens (tertiary/aromatic N) is 3. The first-order valence-corrected chi connectivity index (χ1v) is 15.6. The predicted molar refractivity (Wildman–Crippen MR) is 155 cm³/mol. The molecule has 6 heteroatoms. The van der Waals surface area contributed by atoms with E-state index in [1.807, 2.05) is 49.5 Å². The number of pyridine rings is 3. The molecule has 0 saturated heterocycles. The van der Waals surface area contributed by atoms with Gasteiger partial charge in [0.15, 0.2) is 0 Å². The van der Waals surface area contributed by atoms with E-state index in [-0.39, 0.29) is 20.1 Å². The largest absolute Gasteiger partial charge is 0.486 e. The fraction of sp³-hybridized carbons (Fsp3) is 0.156. The smallest absolute Gasteiger partial charge is 0.216 e. The van der Waals surface area contributed by atoms with Crippen molar-refractivity contribution in [1.82, 2.24) is 15.0 Å². The number of hydrogen-bond donors (Lipinski definition) is 0. The molecule has 0 unspecified atom stereocenters. The molecule has 0 aliphatic heterocycles. The Hall–Kier alpha value is -3.44. The van der Waals surface area contributed by atoms with Gasteiger partial charge in [-0.2, -0.15) is 0 Å². The van der Waals surface area contributed by atoms with Crippen molar-refractivity contribution >= 4 is 35.3 Å². The molecule has 0 bridgehead atoms. The van der Waals surface area contributed by atoms with Crippen LogP contribution in [-0.2, 0) is 20.1 Å². The van der Waals surface area contributed by atoms with E-state index in [0.717, 1.165) is 38.9 Å². The summed E-state index contributed by atoms with van der Waals surface area (Å²) < 4.78 is 28.0. The molecule has 0 saturated carbocycles. The zero-order valence-corrected chi connectivity index (χ0v) is 25.1. The maximum Gasteiger partial charge on any atom is 0.216 e. The SMILES string of the molecule is Cc1ccc2c(n1)oc1c(-c3ccc([Si](C)(C)C)cn3)[c-]ccc12.[2H]C([2H])([2H])c1ccnc(-c2[c-]cccc2)c1.[Ir]. The van der Waals surface area contributed by atoms with Gasteiger partial charge in [-0.15, -0.1) is 54.1 Å². The van der Waals surface area contributed by atoms with Crippen LogP contribution in [0.25, 0.3) is 44.6 Å². The molecule has 6 rings (SSSR count). The molecule has 0 aliphatic carbocycles. The Bertz CT molecular complexity index is 1780. The number of fused-ring (bicyclic) bond motifs is 3. The van der Waals surface area contributed by atoms with E-state index in [1.54, 1.807) is 12.1 Å². The zero-order chi connectivity index (χ0) is 28.5. The fourth-order valence-corrected chi connectivity index (χ4v) is 5.06. The maximum absolute atomic E-state index is 7.33. The van der Waals surface area contributed by atoms with Crippen LogP contribution < -0.4 is 5.19 Å². The van der Waals surface area contributed by atoms with Gasteiger partial charge in [0.25, 0.3) is 0 Å². The van der Waals surface area contributed by atoms with Gasteiger partial charge in [-0.1, -0.05) is 54.4 Å². The molecule has 0 spiro atoms. The Kier molecular flexibility index (Phi) is 7.17. The molecule has 0 atom stereocenters. The quantitative estimate of drug-likeness (QED) is 0.142. The summed E-state index contributed by atoms with van der Waals surface area (Å²) in [5.74, 6) is 0. The molecule has 2 aromatic carbocycles. The third-order valence-electron chi connectivity index (χ3n) is 6.07. The Morgan fingerprint density at radius 2 is 1.74 bits per heavy atom. The molecular weight excluding hydrogens is 663 g/mol. The summed E-state index contributed by atoms with van der Waals surface area (Å²) in [6.07, 6.45) is 3.51. The van der Waals surface area contributed by atoms with E-state index in [2.05, 4.69) is 64.9 Å². The average Bonchev–Trinajstić information content (AvgIpc) is 3.31. The first kappa shape index (κ1) is 23.7. The number of aryl methyl sites for hydroxylation is 2. The van der Waals surface area contributed by atoms with Crippen LogP contribution in [0.5, 0.6) is 0 Å². The van der Waals surface area contributed by atoms with Gasteiger partial charge in [0.1, 0.15) is 0 Å². The molecule has 4 aromatic heterocycles. The van der Waals surface area contributed by atoms with Gasteiger partial charge in [0.2, 0.25) is 5.71 Å². The van der Waals surface area contributed by atoms with E-state index < -0.39 is 14.9 Å². The second kappa shape index (κ2) is 11.5. The summed E-state index contributed by atoms with van der Waals surface area (Å²) in [5, 5.41) is 3.44. The molecule has 193 valence electrons. The summed E-state index contributed by atoms with van der Waals surface area (Å²) in [6.45, 7) is 6.85. The molecule has 0 amide bonds. The van der Waals surface area contributed by atoms with Crippen molar-refractivity contribution in [2.45, 2.75) is 33.4 Å². The van der Waals surface area contributed by atoms with Crippen molar-refractivity contribution in [3.8, 4) is 22.5 Å². The molecule has 0 fully saturated rings. The van der Waals surface area contributed by atoms with Crippen LogP contribution in [0.4, 0.5) is 0 Å². The van der Waals surface area contributed by atoms with Crippen molar-refractivity contribution in [3.63, 3.8) is 0 Å². The summed E-state index contributed by atoms with van der Waals surface area (Å²) in [7, 11) is -1.35. The van der Waals surface area contributed by atoms with Crippen molar-refractivity contribution in [2.75, 3.05) is 0 Å². The molecule has 4 nitrogen and oxygen atoms in total. The van der Waals surface area contributed by atoms with Crippen molar-refractivity contribution < 1.29 is 28.6 Å². The minimum atomic E-state index is -2.09. The Morgan fingerprint density at radius 1 is 0.868 bits per heavy atom. The van der Waals surface area contributed by atoms with Crippen LogP contribution in [0.1, 0.15) is 15.4 Å². The van der Waals surface area contributed by atoms with E-state index in [1.165, 1.54) is 17.4 Å². The summed E-state index contributed by atoms with van der Waals surface area (Å²) in [6, 6.07) is 29.1. The Labute approximate surface area is 242 Å². The monoisotopic (exact) mass is 695 g/mol.